The van der Waals surface area contributed by atoms with Crippen molar-refractivity contribution in [3.8, 4) is 0 Å². The van der Waals surface area contributed by atoms with Crippen molar-refractivity contribution in [1.82, 2.24) is 10.0 Å². The van der Waals surface area contributed by atoms with E-state index in [0.717, 1.165) is 48.3 Å². The van der Waals surface area contributed by atoms with E-state index in [4.69, 9.17) is 4.74 Å². The van der Waals surface area contributed by atoms with Crippen LogP contribution in [0.25, 0.3) is 17.0 Å². The molecule has 1 aromatic heterocycles. The summed E-state index contributed by atoms with van der Waals surface area (Å²) in [7, 11) is 1.82. The first-order valence-corrected chi connectivity index (χ1v) is 11.0. The van der Waals surface area contributed by atoms with E-state index >= 15 is 0 Å². The summed E-state index contributed by atoms with van der Waals surface area (Å²) in [6, 6.07) is 17.3. The number of rotatable bonds is 4. The molecular weight excluding hydrogens is 372 g/mol. The molecule has 2 aromatic carbocycles. The minimum atomic E-state index is 0.263. The van der Waals surface area contributed by atoms with Gasteiger partial charge < -0.3 is 15.3 Å². The average Bonchev–Trinajstić information content (AvgIpc) is 3.40. The number of aromatic nitrogens is 1. The van der Waals surface area contributed by atoms with Crippen LogP contribution in [0, 0.1) is 5.41 Å². The Kier molecular flexibility index (Phi) is 3.93. The predicted octanol–water partition coefficient (Wildman–Crippen LogP) is 4.50. The molecule has 1 saturated carbocycles. The summed E-state index contributed by atoms with van der Waals surface area (Å²) in [6.07, 6.45) is 7.70. The van der Waals surface area contributed by atoms with E-state index < -0.39 is 0 Å². The van der Waals surface area contributed by atoms with E-state index in [1.54, 1.807) is 0 Å². The standard InChI is InChI=1S/C26H28N2O2/c1-30-17-25-15-26(25,12-13-27-16-25)20-9-6-18(7-10-20)19-8-11-22-21-4-2-3-5-23(21)28(29)24(22)14-19/h2-11,19,27,29H,12-17H2,1H3. The number of nitrogens with zero attached hydrogens (tertiary/aromatic N) is 1. The van der Waals surface area contributed by atoms with Gasteiger partial charge in [-0.1, -0.05) is 54.6 Å². The third-order valence-electron chi connectivity index (χ3n) is 7.93. The number of hydrogen-bond donors (Lipinski definition) is 2. The van der Waals surface area contributed by atoms with Crippen LogP contribution in [0.4, 0.5) is 0 Å². The highest BCUT2D eigenvalue weighted by Gasteiger charge is 2.68. The Labute approximate surface area is 177 Å². The molecule has 4 nitrogen and oxygen atoms in total. The Morgan fingerprint density at radius 3 is 2.83 bits per heavy atom. The number of nitrogens with one attached hydrogen (secondary N) is 1. The molecule has 30 heavy (non-hydrogen) atoms. The first-order valence-electron chi connectivity index (χ1n) is 11.0. The van der Waals surface area contributed by atoms with Gasteiger partial charge >= 0.3 is 0 Å². The summed E-state index contributed by atoms with van der Waals surface area (Å²) in [4.78, 5) is 0. The van der Waals surface area contributed by atoms with Crippen LogP contribution in [0.15, 0.2) is 54.6 Å². The van der Waals surface area contributed by atoms with Crippen molar-refractivity contribution in [2.24, 2.45) is 5.41 Å². The lowest BCUT2D eigenvalue weighted by molar-refractivity contribution is 0.116. The van der Waals surface area contributed by atoms with Gasteiger partial charge in [-0.05, 0) is 36.6 Å². The van der Waals surface area contributed by atoms with Crippen LogP contribution in [0.5, 0.6) is 0 Å². The van der Waals surface area contributed by atoms with Gasteiger partial charge in [-0.3, -0.25) is 0 Å². The van der Waals surface area contributed by atoms with Crippen LogP contribution in [0.3, 0.4) is 0 Å². The number of benzene rings is 2. The molecule has 2 N–H and O–H groups in total. The quantitative estimate of drug-likeness (QED) is 0.634. The zero-order valence-electron chi connectivity index (χ0n) is 17.4. The minimum Gasteiger partial charge on any atom is -0.428 e. The van der Waals surface area contributed by atoms with Crippen LogP contribution in [-0.4, -0.2) is 36.7 Å². The van der Waals surface area contributed by atoms with Crippen molar-refractivity contribution in [1.29, 1.82) is 0 Å². The lowest BCUT2D eigenvalue weighted by Gasteiger charge is -2.31. The first kappa shape index (κ1) is 18.2. The molecule has 3 atom stereocenters. The van der Waals surface area contributed by atoms with Gasteiger partial charge in [0.2, 0.25) is 0 Å². The van der Waals surface area contributed by atoms with Crippen molar-refractivity contribution in [3.05, 3.63) is 77.0 Å². The van der Waals surface area contributed by atoms with Gasteiger partial charge in [0, 0.05) is 47.8 Å². The van der Waals surface area contributed by atoms with Gasteiger partial charge in [0.15, 0.2) is 0 Å². The summed E-state index contributed by atoms with van der Waals surface area (Å²) >= 11 is 0. The molecule has 1 saturated heterocycles. The largest absolute Gasteiger partial charge is 0.428 e. The van der Waals surface area contributed by atoms with Gasteiger partial charge in [0.05, 0.1) is 17.8 Å². The molecule has 3 aromatic rings. The van der Waals surface area contributed by atoms with Crippen LogP contribution in [0.1, 0.15) is 41.1 Å². The highest BCUT2D eigenvalue weighted by molar-refractivity contribution is 5.91. The van der Waals surface area contributed by atoms with Gasteiger partial charge in [-0.25, -0.2) is 0 Å². The Morgan fingerprint density at radius 2 is 2.00 bits per heavy atom. The topological polar surface area (TPSA) is 46.4 Å². The van der Waals surface area contributed by atoms with Crippen molar-refractivity contribution >= 4 is 17.0 Å². The highest BCUT2D eigenvalue weighted by atomic mass is 16.5. The van der Waals surface area contributed by atoms with Crippen LogP contribution in [-0.2, 0) is 16.6 Å². The van der Waals surface area contributed by atoms with Gasteiger partial charge in [0.25, 0.3) is 0 Å². The van der Waals surface area contributed by atoms with Crippen molar-refractivity contribution < 1.29 is 9.94 Å². The SMILES string of the molecule is COCC12CNCCC1(c1ccc(C3C=Cc4c(n(O)c5ccccc45)C3)cc1)C2. The molecule has 4 heteroatoms. The normalized spacial score (nSPS) is 29.6. The lowest BCUT2D eigenvalue weighted by atomic mass is 9.80. The maximum absolute atomic E-state index is 10.7. The molecule has 1 aliphatic heterocycles. The van der Waals surface area contributed by atoms with E-state index in [0.29, 0.717) is 0 Å². The summed E-state index contributed by atoms with van der Waals surface area (Å²) in [5, 5.41) is 15.4. The second-order valence-electron chi connectivity index (χ2n) is 9.38. The first-order chi connectivity index (χ1) is 14.7. The Balaban J connectivity index is 1.29. The van der Waals surface area contributed by atoms with Crippen LogP contribution < -0.4 is 5.32 Å². The third-order valence-corrected chi connectivity index (χ3v) is 7.93. The molecule has 0 amide bonds. The van der Waals surface area contributed by atoms with E-state index in [1.165, 1.54) is 28.7 Å². The molecule has 3 aliphatic rings. The maximum Gasteiger partial charge on any atom is 0.0875 e. The summed E-state index contributed by atoms with van der Waals surface area (Å²) in [5.74, 6) is 0.287. The fraction of sp³-hybridized carbons (Fsp3) is 0.385. The monoisotopic (exact) mass is 400 g/mol. The molecule has 0 spiro atoms. The Bertz CT molecular complexity index is 1140. The molecule has 2 aliphatic carbocycles. The van der Waals surface area contributed by atoms with Crippen molar-refractivity contribution in [2.75, 3.05) is 26.8 Å². The summed E-state index contributed by atoms with van der Waals surface area (Å²) in [5.41, 5.74) is 6.36. The zero-order valence-corrected chi connectivity index (χ0v) is 17.4. The van der Waals surface area contributed by atoms with Crippen molar-refractivity contribution in [3.63, 3.8) is 0 Å². The van der Waals surface area contributed by atoms with E-state index in [2.05, 4.69) is 47.8 Å². The lowest BCUT2D eigenvalue weighted by Crippen LogP contribution is -2.40. The van der Waals surface area contributed by atoms with Gasteiger partial charge in [0.1, 0.15) is 0 Å². The molecule has 6 rings (SSSR count). The smallest absolute Gasteiger partial charge is 0.0875 e. The molecule has 0 radical (unpaired) electrons. The molecule has 2 heterocycles. The molecule has 2 fully saturated rings. The summed E-state index contributed by atoms with van der Waals surface area (Å²) < 4.78 is 6.97. The molecule has 154 valence electrons. The number of fused-ring (bicyclic) bond motifs is 4. The molecule has 0 bridgehead atoms. The van der Waals surface area contributed by atoms with E-state index in [1.807, 2.05) is 25.3 Å². The number of ether oxygens (including phenoxy) is 1. The maximum atomic E-state index is 10.7. The number of hydrogen-bond acceptors (Lipinski definition) is 3. The fourth-order valence-corrected chi connectivity index (χ4v) is 6.27. The Morgan fingerprint density at radius 1 is 1.17 bits per heavy atom. The number of piperidine rings is 1. The molecular formula is C26H28N2O2. The second kappa shape index (κ2) is 6.47. The predicted molar refractivity (Wildman–Crippen MR) is 119 cm³/mol. The van der Waals surface area contributed by atoms with Gasteiger partial charge in [-0.2, -0.15) is 4.73 Å². The highest BCUT2D eigenvalue weighted by Crippen LogP contribution is 2.67. The summed E-state index contributed by atoms with van der Waals surface area (Å²) in [6.45, 7) is 2.97. The van der Waals surface area contributed by atoms with E-state index in [-0.39, 0.29) is 16.7 Å². The van der Waals surface area contributed by atoms with Crippen molar-refractivity contribution in [2.45, 2.75) is 30.6 Å². The number of allylic oxidation sites excluding steroid dienone is 1. The minimum absolute atomic E-state index is 0.263. The molecule has 3 unspecified atom stereocenters. The average molecular weight is 401 g/mol. The fourth-order valence-electron chi connectivity index (χ4n) is 6.27. The Hall–Kier alpha value is -2.56. The number of methoxy groups -OCH3 is 1. The third kappa shape index (κ3) is 2.41. The number of para-hydroxylation sites is 1. The zero-order chi connectivity index (χ0) is 20.3. The van der Waals surface area contributed by atoms with E-state index in [9.17, 15) is 5.21 Å². The van der Waals surface area contributed by atoms with Crippen LogP contribution in [0.2, 0.25) is 0 Å². The second-order valence-corrected chi connectivity index (χ2v) is 9.38. The van der Waals surface area contributed by atoms with Gasteiger partial charge in [-0.15, -0.1) is 0 Å². The van der Waals surface area contributed by atoms with Crippen LogP contribution >= 0.6 is 0 Å².